The van der Waals surface area contributed by atoms with Crippen LogP contribution >= 0.6 is 11.8 Å². The maximum absolute atomic E-state index is 12.9. The van der Waals surface area contributed by atoms with Gasteiger partial charge in [0.25, 0.3) is 0 Å². The van der Waals surface area contributed by atoms with E-state index in [0.29, 0.717) is 18.7 Å². The molecule has 0 unspecified atom stereocenters. The van der Waals surface area contributed by atoms with Gasteiger partial charge < -0.3 is 10.2 Å². The van der Waals surface area contributed by atoms with Crippen molar-refractivity contribution in [2.45, 2.75) is 44.7 Å². The van der Waals surface area contributed by atoms with Gasteiger partial charge in [-0.05, 0) is 44.0 Å². The number of rotatable bonds is 8. The molecule has 1 atom stereocenters. The van der Waals surface area contributed by atoms with Crippen LogP contribution in [0.3, 0.4) is 0 Å². The van der Waals surface area contributed by atoms with Crippen molar-refractivity contribution in [3.63, 3.8) is 0 Å². The number of nitrogens with one attached hydrogen (secondary N) is 1. The zero-order chi connectivity index (χ0) is 19.8. The Balaban J connectivity index is 2.04. The van der Waals surface area contributed by atoms with Crippen molar-refractivity contribution in [1.82, 2.24) is 10.2 Å². The van der Waals surface area contributed by atoms with Crippen LogP contribution in [0.5, 0.6) is 0 Å². The summed E-state index contributed by atoms with van der Waals surface area (Å²) < 4.78 is 0. The Kier molecular flexibility index (Phi) is 7.92. The molecule has 0 fully saturated rings. The third kappa shape index (κ3) is 6.14. The minimum absolute atomic E-state index is 0.00559. The van der Waals surface area contributed by atoms with Crippen molar-refractivity contribution in [3.8, 4) is 0 Å². The number of benzene rings is 2. The summed E-state index contributed by atoms with van der Waals surface area (Å²) in [4.78, 5) is 27.9. The summed E-state index contributed by atoms with van der Waals surface area (Å²) in [5.41, 5.74) is 3.40. The van der Waals surface area contributed by atoms with E-state index >= 15 is 0 Å². The highest BCUT2D eigenvalue weighted by Crippen LogP contribution is 2.21. The number of carbonyl (C=O) groups is 2. The number of amides is 2. The fourth-order valence-electron chi connectivity index (χ4n) is 2.80. The second-order valence-corrected chi connectivity index (χ2v) is 7.82. The van der Waals surface area contributed by atoms with E-state index in [9.17, 15) is 9.59 Å². The Hall–Kier alpha value is -2.27. The monoisotopic (exact) mass is 384 g/mol. The minimum Gasteiger partial charge on any atom is -0.357 e. The molecule has 27 heavy (non-hydrogen) atoms. The molecule has 0 heterocycles. The van der Waals surface area contributed by atoms with Gasteiger partial charge in [-0.1, -0.05) is 42.0 Å². The zero-order valence-electron chi connectivity index (χ0n) is 16.5. The van der Waals surface area contributed by atoms with Gasteiger partial charge in [-0.15, -0.1) is 11.8 Å². The third-order valence-electron chi connectivity index (χ3n) is 4.62. The number of thioether (sulfide) groups is 1. The highest BCUT2D eigenvalue weighted by Gasteiger charge is 2.25. The second kappa shape index (κ2) is 10.2. The Morgan fingerprint density at radius 1 is 1.07 bits per heavy atom. The van der Waals surface area contributed by atoms with Crippen molar-refractivity contribution in [2.75, 3.05) is 12.8 Å². The van der Waals surface area contributed by atoms with Gasteiger partial charge >= 0.3 is 0 Å². The van der Waals surface area contributed by atoms with Gasteiger partial charge in [0, 0.05) is 30.7 Å². The molecule has 0 bridgehead atoms. The molecule has 4 nitrogen and oxygen atoms in total. The molecule has 144 valence electrons. The highest BCUT2D eigenvalue weighted by molar-refractivity contribution is 7.99. The largest absolute Gasteiger partial charge is 0.357 e. The van der Waals surface area contributed by atoms with E-state index in [-0.39, 0.29) is 11.8 Å². The van der Waals surface area contributed by atoms with Gasteiger partial charge in [-0.3, -0.25) is 9.59 Å². The van der Waals surface area contributed by atoms with Crippen molar-refractivity contribution < 1.29 is 9.59 Å². The molecule has 2 rings (SSSR count). The lowest BCUT2D eigenvalue weighted by atomic mass is 10.1. The number of nitrogens with zero attached hydrogens (tertiary/aromatic N) is 1. The zero-order valence-corrected chi connectivity index (χ0v) is 17.3. The molecule has 0 spiro atoms. The maximum atomic E-state index is 12.9. The van der Waals surface area contributed by atoms with Gasteiger partial charge in [0.2, 0.25) is 11.8 Å². The van der Waals surface area contributed by atoms with Crippen molar-refractivity contribution in [1.29, 1.82) is 0 Å². The molecule has 0 aromatic heterocycles. The lowest BCUT2D eigenvalue weighted by molar-refractivity contribution is -0.140. The van der Waals surface area contributed by atoms with Gasteiger partial charge in [0.1, 0.15) is 6.04 Å². The lowest BCUT2D eigenvalue weighted by Crippen LogP contribution is -2.46. The van der Waals surface area contributed by atoms with Crippen molar-refractivity contribution in [3.05, 3.63) is 65.2 Å². The van der Waals surface area contributed by atoms with Gasteiger partial charge in [0.05, 0.1) is 0 Å². The van der Waals surface area contributed by atoms with E-state index in [4.69, 9.17) is 0 Å². The first kappa shape index (κ1) is 21.0. The molecule has 2 aromatic carbocycles. The summed E-state index contributed by atoms with van der Waals surface area (Å²) in [6, 6.07) is 15.7. The van der Waals surface area contributed by atoms with Crippen LogP contribution in [0.25, 0.3) is 0 Å². The quantitative estimate of drug-likeness (QED) is 0.701. The van der Waals surface area contributed by atoms with Crippen molar-refractivity contribution >= 4 is 23.6 Å². The average molecular weight is 385 g/mol. The van der Waals surface area contributed by atoms with E-state index in [0.717, 1.165) is 16.0 Å². The minimum atomic E-state index is -0.508. The standard InChI is InChI=1S/C22H28N2O2S/c1-16-9-11-20(12-10-16)27-14-13-21(25)24(18(3)22(26)23-4)15-19-8-6-5-7-17(19)2/h5-12,18H,13-15H2,1-4H3,(H,23,26)/t18-/m1/s1. The summed E-state index contributed by atoms with van der Waals surface area (Å²) in [7, 11) is 1.60. The van der Waals surface area contributed by atoms with Crippen LogP contribution in [0.15, 0.2) is 53.4 Å². The molecule has 2 aromatic rings. The Bertz CT molecular complexity index is 774. The molecule has 0 aliphatic rings. The molecule has 5 heteroatoms. The van der Waals surface area contributed by atoms with Crippen molar-refractivity contribution in [2.24, 2.45) is 0 Å². The first-order valence-electron chi connectivity index (χ1n) is 9.17. The Labute approximate surface area is 166 Å². The Morgan fingerprint density at radius 2 is 1.74 bits per heavy atom. The van der Waals surface area contributed by atoms with E-state index in [2.05, 4.69) is 36.5 Å². The van der Waals surface area contributed by atoms with Crippen LogP contribution < -0.4 is 5.32 Å². The predicted molar refractivity (Wildman–Crippen MR) is 112 cm³/mol. The third-order valence-corrected chi connectivity index (χ3v) is 5.64. The fraction of sp³-hybridized carbons (Fsp3) is 0.364. The average Bonchev–Trinajstić information content (AvgIpc) is 2.67. The summed E-state index contributed by atoms with van der Waals surface area (Å²) in [5, 5.41) is 2.65. The molecular formula is C22H28N2O2S. The number of hydrogen-bond acceptors (Lipinski definition) is 3. The fourth-order valence-corrected chi connectivity index (χ4v) is 3.64. The van der Waals surface area contributed by atoms with E-state index in [1.165, 1.54) is 5.56 Å². The first-order chi connectivity index (χ1) is 12.9. The number of likely N-dealkylation sites (N-methyl/N-ethyl adjacent to an activating group) is 1. The summed E-state index contributed by atoms with van der Waals surface area (Å²) in [6.45, 7) is 6.30. The van der Waals surface area contributed by atoms with E-state index < -0.39 is 6.04 Å². The number of carbonyl (C=O) groups excluding carboxylic acids is 2. The number of hydrogen-bond donors (Lipinski definition) is 1. The van der Waals surface area contributed by atoms with Crippen LogP contribution in [0, 0.1) is 13.8 Å². The van der Waals surface area contributed by atoms with Crippen LogP contribution in [0.1, 0.15) is 30.0 Å². The van der Waals surface area contributed by atoms with Crippen LogP contribution in [-0.4, -0.2) is 35.6 Å². The summed E-state index contributed by atoms with van der Waals surface area (Å²) in [5.74, 6) is 0.532. The normalized spacial score (nSPS) is 11.7. The smallest absolute Gasteiger partial charge is 0.242 e. The van der Waals surface area contributed by atoms with E-state index in [1.54, 1.807) is 30.6 Å². The topological polar surface area (TPSA) is 49.4 Å². The van der Waals surface area contributed by atoms with Gasteiger partial charge in [-0.2, -0.15) is 0 Å². The molecule has 0 saturated carbocycles. The molecular weight excluding hydrogens is 356 g/mol. The highest BCUT2D eigenvalue weighted by atomic mass is 32.2. The molecule has 1 N–H and O–H groups in total. The molecule has 0 aliphatic carbocycles. The molecule has 0 aliphatic heterocycles. The van der Waals surface area contributed by atoms with Gasteiger partial charge in [-0.25, -0.2) is 0 Å². The molecule has 0 radical (unpaired) electrons. The lowest BCUT2D eigenvalue weighted by Gasteiger charge is -2.29. The number of aryl methyl sites for hydroxylation is 2. The van der Waals surface area contributed by atoms with Crippen LogP contribution in [0.4, 0.5) is 0 Å². The molecule has 2 amide bonds. The van der Waals surface area contributed by atoms with Gasteiger partial charge in [0.15, 0.2) is 0 Å². The Morgan fingerprint density at radius 3 is 2.37 bits per heavy atom. The SMILES string of the molecule is CNC(=O)[C@@H](C)N(Cc1ccccc1C)C(=O)CCSc1ccc(C)cc1. The molecule has 0 saturated heterocycles. The second-order valence-electron chi connectivity index (χ2n) is 6.65. The van der Waals surface area contributed by atoms with Crippen LogP contribution in [-0.2, 0) is 16.1 Å². The summed E-state index contributed by atoms with van der Waals surface area (Å²) in [6.07, 6.45) is 0.395. The maximum Gasteiger partial charge on any atom is 0.242 e. The van der Waals surface area contributed by atoms with E-state index in [1.807, 2.05) is 31.2 Å². The first-order valence-corrected chi connectivity index (χ1v) is 10.2. The van der Waals surface area contributed by atoms with Crippen LogP contribution in [0.2, 0.25) is 0 Å². The predicted octanol–water partition coefficient (Wildman–Crippen LogP) is 3.95. The summed E-state index contributed by atoms with van der Waals surface area (Å²) >= 11 is 1.66.